The highest BCUT2D eigenvalue weighted by atomic mass is 16.6. The number of fused-ring (bicyclic) bond motifs is 2. The molecule has 2 saturated heterocycles. The Balaban J connectivity index is 1.38. The minimum absolute atomic E-state index is 0.0754. The van der Waals surface area contributed by atoms with Crippen molar-refractivity contribution >= 4 is 12.2 Å². The van der Waals surface area contributed by atoms with Crippen molar-refractivity contribution in [3.8, 4) is 0 Å². The summed E-state index contributed by atoms with van der Waals surface area (Å²) in [7, 11) is 0. The standard InChI is InChI=1S/C17H24N2O5/c1-16(2,10-3-4-11-13(7-10)22-11)24-15(21)19-17(18-9-20)6-5-12-14(8-17)23-12/h10-14H,3-8H2,1-2H3,(H,19,21). The van der Waals surface area contributed by atoms with Gasteiger partial charge in [-0.3, -0.25) is 5.32 Å². The lowest BCUT2D eigenvalue weighted by atomic mass is 9.79. The summed E-state index contributed by atoms with van der Waals surface area (Å²) in [6.07, 6.45) is 6.96. The number of hydrogen-bond acceptors (Lipinski definition) is 6. The van der Waals surface area contributed by atoms with Gasteiger partial charge >= 0.3 is 6.09 Å². The monoisotopic (exact) mass is 336 g/mol. The summed E-state index contributed by atoms with van der Waals surface area (Å²) < 4.78 is 16.8. The van der Waals surface area contributed by atoms with Gasteiger partial charge in [-0.2, -0.15) is 4.99 Å². The van der Waals surface area contributed by atoms with Crippen LogP contribution < -0.4 is 5.32 Å². The summed E-state index contributed by atoms with van der Waals surface area (Å²) >= 11 is 0. The van der Waals surface area contributed by atoms with E-state index < -0.39 is 17.4 Å². The van der Waals surface area contributed by atoms with Crippen molar-refractivity contribution in [2.45, 2.75) is 88.1 Å². The molecule has 0 aromatic carbocycles. The lowest BCUT2D eigenvalue weighted by Gasteiger charge is -2.37. The van der Waals surface area contributed by atoms with E-state index in [1.165, 1.54) is 0 Å². The summed E-state index contributed by atoms with van der Waals surface area (Å²) in [5.41, 5.74) is -1.52. The Labute approximate surface area is 141 Å². The van der Waals surface area contributed by atoms with Crippen LogP contribution in [0.25, 0.3) is 0 Å². The van der Waals surface area contributed by atoms with E-state index in [-0.39, 0.29) is 18.1 Å². The second kappa shape index (κ2) is 5.55. The first-order chi connectivity index (χ1) is 11.4. The van der Waals surface area contributed by atoms with Gasteiger partial charge in [0.2, 0.25) is 6.08 Å². The number of carbonyl (C=O) groups is 1. The first-order valence-corrected chi connectivity index (χ1v) is 8.82. The number of nitrogens with zero attached hydrogens (tertiary/aromatic N) is 1. The Bertz CT molecular complexity index is 588. The fourth-order valence-electron chi connectivity index (χ4n) is 4.33. The van der Waals surface area contributed by atoms with Gasteiger partial charge < -0.3 is 14.2 Å². The molecule has 2 aliphatic heterocycles. The minimum atomic E-state index is -0.941. The van der Waals surface area contributed by atoms with Crippen LogP contribution in [0.2, 0.25) is 0 Å². The molecule has 1 N–H and O–H groups in total. The lowest BCUT2D eigenvalue weighted by molar-refractivity contribution is -0.0206. The van der Waals surface area contributed by atoms with Gasteiger partial charge in [0, 0.05) is 12.3 Å². The molecule has 4 aliphatic rings. The van der Waals surface area contributed by atoms with Crippen LogP contribution in [0.3, 0.4) is 0 Å². The molecule has 132 valence electrons. The maximum atomic E-state index is 12.5. The van der Waals surface area contributed by atoms with Crippen molar-refractivity contribution in [2.75, 3.05) is 0 Å². The number of amides is 1. The van der Waals surface area contributed by atoms with Gasteiger partial charge in [0.1, 0.15) is 11.3 Å². The number of carbonyl (C=O) groups excluding carboxylic acids is 2. The minimum Gasteiger partial charge on any atom is -0.443 e. The molecular formula is C17H24N2O5. The number of aliphatic imine (C=N–C) groups is 1. The SMILES string of the molecule is CC(C)(OC(=O)NC1(N=C=O)CCC2OC2C1)C1CCC2OC2C1. The van der Waals surface area contributed by atoms with Crippen molar-refractivity contribution in [3.05, 3.63) is 0 Å². The van der Waals surface area contributed by atoms with Crippen molar-refractivity contribution in [1.82, 2.24) is 5.32 Å². The molecule has 1 amide bonds. The van der Waals surface area contributed by atoms with E-state index in [4.69, 9.17) is 14.2 Å². The number of hydrogen-bond donors (Lipinski definition) is 1. The largest absolute Gasteiger partial charge is 0.443 e. The molecule has 24 heavy (non-hydrogen) atoms. The molecule has 0 bridgehead atoms. The van der Waals surface area contributed by atoms with Gasteiger partial charge in [-0.05, 0) is 46.0 Å². The maximum Gasteiger partial charge on any atom is 0.409 e. The van der Waals surface area contributed by atoms with Crippen LogP contribution in [0.5, 0.6) is 0 Å². The predicted octanol–water partition coefficient (Wildman–Crippen LogP) is 2.04. The zero-order chi connectivity index (χ0) is 16.9. The van der Waals surface area contributed by atoms with E-state index in [9.17, 15) is 9.59 Å². The number of epoxide rings is 2. The highest BCUT2D eigenvalue weighted by Gasteiger charge is 2.53. The summed E-state index contributed by atoms with van der Waals surface area (Å²) in [6.45, 7) is 3.88. The first-order valence-electron chi connectivity index (χ1n) is 8.82. The molecule has 6 atom stereocenters. The zero-order valence-electron chi connectivity index (χ0n) is 14.1. The smallest absolute Gasteiger partial charge is 0.409 e. The van der Waals surface area contributed by atoms with Crippen LogP contribution >= 0.6 is 0 Å². The van der Waals surface area contributed by atoms with Crippen molar-refractivity contribution in [1.29, 1.82) is 0 Å². The molecule has 0 aromatic rings. The molecular weight excluding hydrogens is 312 g/mol. The quantitative estimate of drug-likeness (QED) is 0.482. The molecule has 0 radical (unpaired) electrons. The second-order valence-corrected chi connectivity index (χ2v) is 8.03. The van der Waals surface area contributed by atoms with Crippen LogP contribution in [0.15, 0.2) is 4.99 Å². The maximum absolute atomic E-state index is 12.5. The number of alkyl carbamates (subject to hydrolysis) is 1. The van der Waals surface area contributed by atoms with E-state index >= 15 is 0 Å². The number of isocyanates is 1. The third-order valence-electron chi connectivity index (χ3n) is 6.01. The fourth-order valence-corrected chi connectivity index (χ4v) is 4.33. The van der Waals surface area contributed by atoms with Gasteiger partial charge in [-0.25, -0.2) is 9.59 Å². The molecule has 0 spiro atoms. The lowest BCUT2D eigenvalue weighted by Crippen LogP contribution is -2.52. The average molecular weight is 336 g/mol. The van der Waals surface area contributed by atoms with E-state index in [1.807, 2.05) is 13.8 Å². The van der Waals surface area contributed by atoms with Gasteiger partial charge in [0.05, 0.1) is 24.4 Å². The van der Waals surface area contributed by atoms with Crippen LogP contribution in [0, 0.1) is 5.92 Å². The number of ether oxygens (including phenoxy) is 3. The van der Waals surface area contributed by atoms with Crippen LogP contribution in [-0.2, 0) is 19.0 Å². The summed E-state index contributed by atoms with van der Waals surface area (Å²) in [6, 6.07) is 0. The zero-order valence-corrected chi connectivity index (χ0v) is 14.1. The Kier molecular flexibility index (Phi) is 3.71. The topological polar surface area (TPSA) is 92.8 Å². The van der Waals surface area contributed by atoms with Crippen molar-refractivity contribution in [3.63, 3.8) is 0 Å². The Morgan fingerprint density at radius 3 is 2.67 bits per heavy atom. The molecule has 2 aliphatic carbocycles. The van der Waals surface area contributed by atoms with Gasteiger partial charge in [0.15, 0.2) is 0 Å². The van der Waals surface area contributed by atoms with E-state index in [0.717, 1.165) is 25.7 Å². The third-order valence-corrected chi connectivity index (χ3v) is 6.01. The molecule has 4 rings (SSSR count). The summed E-state index contributed by atoms with van der Waals surface area (Å²) in [5, 5.41) is 2.81. The van der Waals surface area contributed by atoms with Crippen molar-refractivity contribution < 1.29 is 23.8 Å². The predicted molar refractivity (Wildman–Crippen MR) is 83.1 cm³/mol. The van der Waals surface area contributed by atoms with E-state index in [2.05, 4.69) is 10.3 Å². The summed E-state index contributed by atoms with van der Waals surface area (Å²) in [4.78, 5) is 27.2. The third kappa shape index (κ3) is 3.08. The molecule has 2 heterocycles. The molecule has 7 heteroatoms. The highest BCUT2D eigenvalue weighted by Crippen LogP contribution is 2.45. The van der Waals surface area contributed by atoms with Gasteiger partial charge in [-0.1, -0.05) is 0 Å². The number of nitrogens with one attached hydrogen (secondary N) is 1. The Hall–Kier alpha value is -1.43. The molecule has 4 fully saturated rings. The Morgan fingerprint density at radius 2 is 1.96 bits per heavy atom. The number of rotatable bonds is 4. The Morgan fingerprint density at radius 1 is 1.21 bits per heavy atom. The fraction of sp³-hybridized carbons (Fsp3) is 0.882. The van der Waals surface area contributed by atoms with Crippen LogP contribution in [-0.4, -0.2) is 47.9 Å². The molecule has 6 unspecified atom stereocenters. The first kappa shape index (κ1) is 16.1. The molecule has 0 aromatic heterocycles. The van der Waals surface area contributed by atoms with Crippen molar-refractivity contribution in [2.24, 2.45) is 10.9 Å². The molecule has 2 saturated carbocycles. The van der Waals surface area contributed by atoms with E-state index in [0.29, 0.717) is 25.0 Å². The second-order valence-electron chi connectivity index (χ2n) is 8.03. The highest BCUT2D eigenvalue weighted by molar-refractivity contribution is 5.69. The summed E-state index contributed by atoms with van der Waals surface area (Å²) in [5.74, 6) is 0.278. The van der Waals surface area contributed by atoms with Gasteiger partial charge in [0.25, 0.3) is 0 Å². The van der Waals surface area contributed by atoms with Gasteiger partial charge in [-0.15, -0.1) is 0 Å². The average Bonchev–Trinajstić information content (AvgIpc) is 3.40. The normalized spacial score (nSPS) is 42.8. The van der Waals surface area contributed by atoms with Crippen LogP contribution in [0.1, 0.15) is 52.4 Å². The van der Waals surface area contributed by atoms with E-state index in [1.54, 1.807) is 6.08 Å². The van der Waals surface area contributed by atoms with Crippen LogP contribution in [0.4, 0.5) is 4.79 Å². The molecule has 7 nitrogen and oxygen atoms in total.